The number of aromatic amines is 1. The third-order valence-corrected chi connectivity index (χ3v) is 4.98. The summed E-state index contributed by atoms with van der Waals surface area (Å²) in [5.74, 6) is 2.02. The van der Waals surface area contributed by atoms with Crippen LogP contribution >= 0.6 is 0 Å². The summed E-state index contributed by atoms with van der Waals surface area (Å²) in [7, 11) is 0. The zero-order valence-corrected chi connectivity index (χ0v) is 14.0. The molecule has 2 bridgehead atoms. The van der Waals surface area contributed by atoms with E-state index in [0.29, 0.717) is 24.0 Å². The molecule has 0 saturated carbocycles. The number of fused-ring (bicyclic) bond motifs is 2. The molecule has 23 heavy (non-hydrogen) atoms. The van der Waals surface area contributed by atoms with Crippen LogP contribution in [0.25, 0.3) is 0 Å². The summed E-state index contributed by atoms with van der Waals surface area (Å²) in [6.45, 7) is 3.89. The third-order valence-electron chi connectivity index (χ3n) is 4.98. The molecule has 0 aliphatic carbocycles. The second-order valence-corrected chi connectivity index (χ2v) is 6.62. The van der Waals surface area contributed by atoms with Crippen LogP contribution in [0, 0.1) is 11.8 Å². The molecule has 1 N–H and O–H groups in total. The van der Waals surface area contributed by atoms with Crippen LogP contribution in [0.4, 0.5) is 0 Å². The van der Waals surface area contributed by atoms with Crippen molar-refractivity contribution in [3.05, 3.63) is 18.0 Å². The van der Waals surface area contributed by atoms with Crippen LogP contribution in [0.2, 0.25) is 0 Å². The van der Waals surface area contributed by atoms with Crippen molar-refractivity contribution in [1.29, 1.82) is 0 Å². The van der Waals surface area contributed by atoms with Crippen LogP contribution in [0.15, 0.2) is 12.2 Å². The van der Waals surface area contributed by atoms with Gasteiger partial charge in [0.2, 0.25) is 0 Å². The van der Waals surface area contributed by atoms with Crippen LogP contribution in [-0.2, 0) is 15.9 Å². The Hall–Kier alpha value is -1.27. The molecule has 2 aliphatic heterocycles. The van der Waals surface area contributed by atoms with Gasteiger partial charge in [-0.25, -0.2) is 0 Å². The van der Waals surface area contributed by atoms with E-state index in [4.69, 9.17) is 9.47 Å². The molecule has 1 aromatic heterocycles. The summed E-state index contributed by atoms with van der Waals surface area (Å²) in [5.41, 5.74) is 0. The molecule has 2 saturated heterocycles. The first kappa shape index (κ1) is 16.6. The highest BCUT2D eigenvalue weighted by Crippen LogP contribution is 2.45. The highest BCUT2D eigenvalue weighted by molar-refractivity contribution is 4.99. The second-order valence-electron chi connectivity index (χ2n) is 6.62. The normalized spacial score (nSPS) is 29.8. The van der Waals surface area contributed by atoms with Crippen molar-refractivity contribution in [3.63, 3.8) is 0 Å². The Bertz CT molecular complexity index is 477. The van der Waals surface area contributed by atoms with E-state index in [1.165, 1.54) is 12.8 Å². The number of allylic oxidation sites excluding steroid dienone is 2. The van der Waals surface area contributed by atoms with Crippen LogP contribution < -0.4 is 0 Å². The Morgan fingerprint density at radius 1 is 1.26 bits per heavy atom. The van der Waals surface area contributed by atoms with Gasteiger partial charge < -0.3 is 9.47 Å². The number of H-pyrrole nitrogens is 1. The average Bonchev–Trinajstić information content (AvgIpc) is 3.29. The van der Waals surface area contributed by atoms with Gasteiger partial charge in [0.25, 0.3) is 0 Å². The Labute approximate surface area is 138 Å². The fourth-order valence-electron chi connectivity index (χ4n) is 3.83. The van der Waals surface area contributed by atoms with Gasteiger partial charge in [0.1, 0.15) is 0 Å². The number of ether oxygens (including phenoxy) is 2. The van der Waals surface area contributed by atoms with Crippen LogP contribution in [0.5, 0.6) is 0 Å². The monoisotopic (exact) mass is 320 g/mol. The number of rotatable bonds is 10. The third kappa shape index (κ3) is 4.38. The number of nitrogens with zero attached hydrogens (tertiary/aromatic N) is 3. The molecule has 4 atom stereocenters. The van der Waals surface area contributed by atoms with E-state index in [2.05, 4.69) is 39.7 Å². The lowest BCUT2D eigenvalue weighted by Gasteiger charge is -2.27. The summed E-state index contributed by atoms with van der Waals surface area (Å²) < 4.78 is 11.9. The van der Waals surface area contributed by atoms with Gasteiger partial charge in [-0.1, -0.05) is 24.3 Å². The molecule has 0 aromatic carbocycles. The van der Waals surface area contributed by atoms with Crippen molar-refractivity contribution in [2.45, 2.75) is 64.1 Å². The quantitative estimate of drug-likeness (QED) is 0.530. The van der Waals surface area contributed by atoms with E-state index >= 15 is 0 Å². The maximum absolute atomic E-state index is 6.11. The fourth-order valence-corrected chi connectivity index (χ4v) is 3.83. The summed E-state index contributed by atoms with van der Waals surface area (Å²) >= 11 is 0. The topological polar surface area (TPSA) is 72.9 Å². The first-order valence-electron chi connectivity index (χ1n) is 8.99. The maximum atomic E-state index is 6.11. The highest BCUT2D eigenvalue weighted by Gasteiger charge is 2.47. The van der Waals surface area contributed by atoms with Crippen molar-refractivity contribution in [3.8, 4) is 0 Å². The molecule has 3 heterocycles. The summed E-state index contributed by atoms with van der Waals surface area (Å²) in [6, 6.07) is 0. The van der Waals surface area contributed by atoms with Crippen molar-refractivity contribution < 1.29 is 9.47 Å². The summed E-state index contributed by atoms with van der Waals surface area (Å²) in [4.78, 5) is 0. The number of hydrogen-bond donors (Lipinski definition) is 1. The lowest BCUT2D eigenvalue weighted by Crippen LogP contribution is -2.30. The van der Waals surface area contributed by atoms with Gasteiger partial charge in [0.15, 0.2) is 5.82 Å². The molecule has 2 aliphatic rings. The van der Waals surface area contributed by atoms with Gasteiger partial charge in [0.05, 0.1) is 18.8 Å². The number of tetrazole rings is 1. The second kappa shape index (κ2) is 8.55. The van der Waals surface area contributed by atoms with Crippen LogP contribution in [-0.4, -0.2) is 46.0 Å². The van der Waals surface area contributed by atoms with E-state index in [9.17, 15) is 0 Å². The minimum absolute atomic E-state index is 0.438. The molecular weight excluding hydrogens is 292 g/mol. The molecular formula is C17H28N4O2. The van der Waals surface area contributed by atoms with Gasteiger partial charge >= 0.3 is 0 Å². The highest BCUT2D eigenvalue weighted by atomic mass is 16.5. The number of aryl methyl sites for hydroxylation is 1. The summed E-state index contributed by atoms with van der Waals surface area (Å²) in [5, 5.41) is 14.0. The minimum atomic E-state index is 0.438. The molecule has 6 heteroatoms. The first-order valence-corrected chi connectivity index (χ1v) is 8.99. The average molecular weight is 320 g/mol. The SMILES string of the molecule is CCCOC[C@@H]1[C@H](CC=CCCCc2nn[nH]n2)[C@@H]2CC[C@H]1O2. The zero-order valence-electron chi connectivity index (χ0n) is 14.0. The standard InChI is InChI=1S/C17H28N4O2/c1-2-11-22-12-14-13(15-9-10-16(14)23-15)7-5-3-4-6-8-17-18-20-21-19-17/h3,5,13-16H,2,4,6-12H2,1H3,(H,18,19,20,21)/t13-,14+,15-,16+/m0/s1. The molecule has 0 radical (unpaired) electrons. The molecule has 2 fully saturated rings. The van der Waals surface area contributed by atoms with E-state index in [0.717, 1.165) is 51.1 Å². The smallest absolute Gasteiger partial charge is 0.174 e. The van der Waals surface area contributed by atoms with E-state index in [-0.39, 0.29) is 0 Å². The Kier molecular flexibility index (Phi) is 6.16. The van der Waals surface area contributed by atoms with Gasteiger partial charge in [-0.05, 0) is 44.4 Å². The Balaban J connectivity index is 1.38. The molecule has 0 spiro atoms. The molecule has 0 amide bonds. The van der Waals surface area contributed by atoms with Gasteiger partial charge in [-0.15, -0.1) is 10.2 Å². The van der Waals surface area contributed by atoms with Crippen molar-refractivity contribution in [2.75, 3.05) is 13.2 Å². The number of hydrogen-bond acceptors (Lipinski definition) is 5. The maximum Gasteiger partial charge on any atom is 0.174 e. The Morgan fingerprint density at radius 2 is 2.13 bits per heavy atom. The van der Waals surface area contributed by atoms with Crippen LogP contribution in [0.3, 0.4) is 0 Å². The minimum Gasteiger partial charge on any atom is -0.381 e. The fraction of sp³-hybridized carbons (Fsp3) is 0.824. The summed E-state index contributed by atoms with van der Waals surface area (Å²) in [6.07, 6.45) is 13.2. The number of nitrogens with one attached hydrogen (secondary N) is 1. The number of unbranched alkanes of at least 4 members (excludes halogenated alkanes) is 1. The Morgan fingerprint density at radius 3 is 2.91 bits per heavy atom. The zero-order chi connectivity index (χ0) is 15.9. The van der Waals surface area contributed by atoms with Gasteiger partial charge in [-0.3, -0.25) is 0 Å². The molecule has 128 valence electrons. The van der Waals surface area contributed by atoms with Crippen molar-refractivity contribution >= 4 is 0 Å². The molecule has 0 unspecified atom stereocenters. The van der Waals surface area contributed by atoms with Crippen LogP contribution in [0.1, 0.15) is 51.3 Å². The van der Waals surface area contributed by atoms with Crippen molar-refractivity contribution in [1.82, 2.24) is 20.6 Å². The molecule has 6 nitrogen and oxygen atoms in total. The predicted molar refractivity (Wildman–Crippen MR) is 86.9 cm³/mol. The molecule has 1 aromatic rings. The van der Waals surface area contributed by atoms with Gasteiger partial charge in [-0.2, -0.15) is 5.21 Å². The number of aromatic nitrogens is 4. The van der Waals surface area contributed by atoms with Crippen molar-refractivity contribution in [2.24, 2.45) is 11.8 Å². The predicted octanol–water partition coefficient (Wildman–Crippen LogP) is 2.69. The molecule has 3 rings (SSSR count). The van der Waals surface area contributed by atoms with E-state index in [1.807, 2.05) is 0 Å². The van der Waals surface area contributed by atoms with E-state index in [1.54, 1.807) is 0 Å². The largest absolute Gasteiger partial charge is 0.381 e. The lowest BCUT2D eigenvalue weighted by atomic mass is 9.78. The van der Waals surface area contributed by atoms with E-state index < -0.39 is 0 Å². The van der Waals surface area contributed by atoms with Gasteiger partial charge in [0, 0.05) is 18.9 Å². The first-order chi connectivity index (χ1) is 11.4. The lowest BCUT2D eigenvalue weighted by molar-refractivity contribution is 0.0495.